The van der Waals surface area contributed by atoms with E-state index < -0.39 is 0 Å². The summed E-state index contributed by atoms with van der Waals surface area (Å²) in [4.78, 5) is 21.6. The van der Waals surface area contributed by atoms with Crippen LogP contribution in [0.2, 0.25) is 0 Å². The molecule has 1 fully saturated rings. The highest BCUT2D eigenvalue weighted by molar-refractivity contribution is 5.93. The van der Waals surface area contributed by atoms with E-state index in [1.807, 2.05) is 30.5 Å². The van der Waals surface area contributed by atoms with Crippen LogP contribution in [0.3, 0.4) is 0 Å². The molecule has 0 radical (unpaired) electrons. The molecular weight excluding hydrogens is 292 g/mol. The Morgan fingerprint density at radius 1 is 1.43 bits per heavy atom. The fourth-order valence-corrected chi connectivity index (χ4v) is 3.09. The third-order valence-electron chi connectivity index (χ3n) is 4.36. The van der Waals surface area contributed by atoms with Crippen LogP contribution in [0.15, 0.2) is 36.7 Å². The van der Waals surface area contributed by atoms with Crippen molar-refractivity contribution in [1.29, 1.82) is 0 Å². The standard InChI is InChI=1S/C17H22N4O2/c1-18-17(22)13-5-3-12(4-6-13)10-21-11-14(23-2)9-15(21)16-19-7-8-20-16/h3-8,14-15H,9-11H2,1-2H3,(H,18,22)(H,19,20)/t14-,15?/m1/s1. The first-order valence-corrected chi connectivity index (χ1v) is 7.78. The van der Waals surface area contributed by atoms with Crippen LogP contribution in [0.1, 0.15) is 34.2 Å². The number of hydrogen-bond acceptors (Lipinski definition) is 4. The summed E-state index contributed by atoms with van der Waals surface area (Å²) in [6.45, 7) is 1.68. The van der Waals surface area contributed by atoms with Crippen LogP contribution in [-0.4, -0.2) is 47.6 Å². The number of nitrogens with one attached hydrogen (secondary N) is 2. The molecule has 23 heavy (non-hydrogen) atoms. The van der Waals surface area contributed by atoms with Gasteiger partial charge in [0.1, 0.15) is 5.82 Å². The van der Waals surface area contributed by atoms with Gasteiger partial charge in [0.15, 0.2) is 0 Å². The van der Waals surface area contributed by atoms with Crippen LogP contribution < -0.4 is 5.32 Å². The summed E-state index contributed by atoms with van der Waals surface area (Å²) in [5, 5.41) is 2.63. The molecule has 3 rings (SSSR count). The Morgan fingerprint density at radius 3 is 2.83 bits per heavy atom. The molecule has 6 heteroatoms. The number of hydrogen-bond donors (Lipinski definition) is 2. The minimum Gasteiger partial charge on any atom is -0.380 e. The second-order valence-electron chi connectivity index (χ2n) is 5.79. The van der Waals surface area contributed by atoms with Gasteiger partial charge in [-0.3, -0.25) is 9.69 Å². The number of carbonyl (C=O) groups excluding carboxylic acids is 1. The highest BCUT2D eigenvalue weighted by atomic mass is 16.5. The van der Waals surface area contributed by atoms with Crippen molar-refractivity contribution in [3.8, 4) is 0 Å². The molecule has 1 aromatic carbocycles. The Labute approximate surface area is 135 Å². The number of imidazole rings is 1. The molecular formula is C17H22N4O2. The van der Waals surface area contributed by atoms with E-state index in [-0.39, 0.29) is 18.1 Å². The number of H-pyrrole nitrogens is 1. The quantitative estimate of drug-likeness (QED) is 0.882. The van der Waals surface area contributed by atoms with Gasteiger partial charge in [0.25, 0.3) is 5.91 Å². The van der Waals surface area contributed by atoms with E-state index in [0.29, 0.717) is 5.56 Å². The third kappa shape index (κ3) is 3.43. The van der Waals surface area contributed by atoms with Gasteiger partial charge in [0, 0.05) is 45.2 Å². The van der Waals surface area contributed by atoms with Crippen molar-refractivity contribution in [3.63, 3.8) is 0 Å². The van der Waals surface area contributed by atoms with Gasteiger partial charge < -0.3 is 15.0 Å². The molecule has 1 aliphatic heterocycles. The molecule has 1 saturated heterocycles. The maximum absolute atomic E-state index is 11.6. The summed E-state index contributed by atoms with van der Waals surface area (Å²) in [5.41, 5.74) is 1.85. The molecule has 6 nitrogen and oxygen atoms in total. The van der Waals surface area contributed by atoms with E-state index in [4.69, 9.17) is 4.74 Å². The van der Waals surface area contributed by atoms with Crippen molar-refractivity contribution in [2.45, 2.75) is 25.1 Å². The highest BCUT2D eigenvalue weighted by Gasteiger charge is 2.34. The molecule has 1 aliphatic rings. The Bertz CT molecular complexity index is 639. The van der Waals surface area contributed by atoms with Crippen molar-refractivity contribution in [2.75, 3.05) is 20.7 Å². The number of rotatable bonds is 5. The number of aromatic nitrogens is 2. The molecule has 0 aliphatic carbocycles. The number of benzene rings is 1. The summed E-state index contributed by atoms with van der Waals surface area (Å²) < 4.78 is 5.54. The van der Waals surface area contributed by atoms with Crippen LogP contribution in [0.25, 0.3) is 0 Å². The highest BCUT2D eigenvalue weighted by Crippen LogP contribution is 2.32. The van der Waals surface area contributed by atoms with Crippen molar-refractivity contribution < 1.29 is 9.53 Å². The number of carbonyl (C=O) groups is 1. The number of methoxy groups -OCH3 is 1. The molecule has 1 amide bonds. The van der Waals surface area contributed by atoms with Crippen LogP contribution in [0.4, 0.5) is 0 Å². The van der Waals surface area contributed by atoms with Crippen LogP contribution in [0.5, 0.6) is 0 Å². The average Bonchev–Trinajstić information content (AvgIpc) is 3.24. The maximum Gasteiger partial charge on any atom is 0.251 e. The van der Waals surface area contributed by atoms with E-state index in [2.05, 4.69) is 20.2 Å². The number of ether oxygens (including phenoxy) is 1. The first-order chi connectivity index (χ1) is 11.2. The third-order valence-corrected chi connectivity index (χ3v) is 4.36. The molecule has 1 unspecified atom stereocenters. The minimum atomic E-state index is -0.0642. The lowest BCUT2D eigenvalue weighted by molar-refractivity contribution is 0.0963. The zero-order valence-electron chi connectivity index (χ0n) is 13.5. The average molecular weight is 314 g/mol. The molecule has 2 N–H and O–H groups in total. The van der Waals surface area contributed by atoms with E-state index in [9.17, 15) is 4.79 Å². The van der Waals surface area contributed by atoms with E-state index in [0.717, 1.165) is 25.3 Å². The lowest BCUT2D eigenvalue weighted by atomic mass is 10.1. The Hall–Kier alpha value is -2.18. The van der Waals surface area contributed by atoms with Gasteiger partial charge in [-0.1, -0.05) is 12.1 Å². The minimum absolute atomic E-state index is 0.0642. The molecule has 2 aromatic rings. The van der Waals surface area contributed by atoms with Crippen molar-refractivity contribution in [1.82, 2.24) is 20.2 Å². The Balaban J connectivity index is 1.73. The van der Waals surface area contributed by atoms with Crippen molar-refractivity contribution in [2.24, 2.45) is 0 Å². The predicted octanol–water partition coefficient (Wildman–Crippen LogP) is 1.73. The fraction of sp³-hybridized carbons (Fsp3) is 0.412. The second-order valence-corrected chi connectivity index (χ2v) is 5.79. The topological polar surface area (TPSA) is 70.2 Å². The van der Waals surface area contributed by atoms with E-state index in [1.54, 1.807) is 20.4 Å². The summed E-state index contributed by atoms with van der Waals surface area (Å²) in [6, 6.07) is 7.96. The smallest absolute Gasteiger partial charge is 0.251 e. The van der Waals surface area contributed by atoms with E-state index >= 15 is 0 Å². The maximum atomic E-state index is 11.6. The Kier molecular flexibility index (Phi) is 4.73. The number of likely N-dealkylation sites (tertiary alicyclic amines) is 1. The normalized spacial score (nSPS) is 21.5. The van der Waals surface area contributed by atoms with Crippen molar-refractivity contribution in [3.05, 3.63) is 53.6 Å². The molecule has 1 aromatic heterocycles. The van der Waals surface area contributed by atoms with Crippen LogP contribution in [0, 0.1) is 0 Å². The number of amides is 1. The molecule has 2 atom stereocenters. The molecule has 0 spiro atoms. The van der Waals surface area contributed by atoms with Crippen LogP contribution >= 0.6 is 0 Å². The summed E-state index contributed by atoms with van der Waals surface area (Å²) in [5.74, 6) is 0.914. The van der Waals surface area contributed by atoms with Gasteiger partial charge in [0.2, 0.25) is 0 Å². The van der Waals surface area contributed by atoms with Gasteiger partial charge in [-0.05, 0) is 24.1 Å². The van der Waals surface area contributed by atoms with Crippen LogP contribution in [-0.2, 0) is 11.3 Å². The zero-order valence-corrected chi connectivity index (χ0v) is 13.5. The largest absolute Gasteiger partial charge is 0.380 e. The van der Waals surface area contributed by atoms with Gasteiger partial charge in [-0.15, -0.1) is 0 Å². The number of nitrogens with zero attached hydrogens (tertiary/aromatic N) is 2. The summed E-state index contributed by atoms with van der Waals surface area (Å²) >= 11 is 0. The van der Waals surface area contributed by atoms with Gasteiger partial charge >= 0.3 is 0 Å². The molecule has 0 saturated carbocycles. The monoisotopic (exact) mass is 314 g/mol. The van der Waals surface area contributed by atoms with Gasteiger partial charge in [-0.25, -0.2) is 4.98 Å². The first kappa shape index (κ1) is 15.7. The first-order valence-electron chi connectivity index (χ1n) is 7.78. The van der Waals surface area contributed by atoms with Crippen molar-refractivity contribution >= 4 is 5.91 Å². The van der Waals surface area contributed by atoms with E-state index in [1.165, 1.54) is 5.56 Å². The van der Waals surface area contributed by atoms with Gasteiger partial charge in [-0.2, -0.15) is 0 Å². The number of aromatic amines is 1. The second kappa shape index (κ2) is 6.93. The predicted molar refractivity (Wildman–Crippen MR) is 87.0 cm³/mol. The molecule has 2 heterocycles. The summed E-state index contributed by atoms with van der Waals surface area (Å²) in [6.07, 6.45) is 4.79. The fourth-order valence-electron chi connectivity index (χ4n) is 3.09. The Morgan fingerprint density at radius 2 is 2.22 bits per heavy atom. The summed E-state index contributed by atoms with van der Waals surface area (Å²) in [7, 11) is 3.39. The molecule has 122 valence electrons. The SMILES string of the molecule is CNC(=O)c1ccc(CN2C[C@H](OC)CC2c2ncc[nH]2)cc1. The molecule has 0 bridgehead atoms. The lowest BCUT2D eigenvalue weighted by Crippen LogP contribution is -2.25. The lowest BCUT2D eigenvalue weighted by Gasteiger charge is -2.22. The zero-order chi connectivity index (χ0) is 16.2. The van der Waals surface area contributed by atoms with Gasteiger partial charge in [0.05, 0.1) is 12.1 Å².